The van der Waals surface area contributed by atoms with Crippen LogP contribution in [0.2, 0.25) is 0 Å². The first-order valence-electron chi connectivity index (χ1n) is 8.56. The molecule has 3 N–H and O–H groups in total. The first-order valence-corrected chi connectivity index (χ1v) is 8.56. The van der Waals surface area contributed by atoms with E-state index in [0.29, 0.717) is 24.2 Å². The van der Waals surface area contributed by atoms with Gasteiger partial charge in [-0.15, -0.1) is 0 Å². The van der Waals surface area contributed by atoms with Crippen LogP contribution >= 0.6 is 0 Å². The topological polar surface area (TPSA) is 108 Å². The average molecular weight is 363 g/mol. The van der Waals surface area contributed by atoms with Crippen molar-refractivity contribution in [1.29, 1.82) is 0 Å². The number of ether oxygens (including phenoxy) is 1. The number of nitrogens with zero attached hydrogens (tertiary/aromatic N) is 1. The summed E-state index contributed by atoms with van der Waals surface area (Å²) < 4.78 is 5.24. The Hall–Kier alpha value is -2.61. The van der Waals surface area contributed by atoms with Gasteiger partial charge in [-0.1, -0.05) is 13.0 Å². The maximum absolute atomic E-state index is 13.0. The van der Waals surface area contributed by atoms with Crippen molar-refractivity contribution in [2.45, 2.75) is 32.2 Å². The Morgan fingerprint density at radius 3 is 2.69 bits per heavy atom. The molecule has 1 unspecified atom stereocenters. The lowest BCUT2D eigenvalue weighted by molar-refractivity contribution is -0.135. The van der Waals surface area contributed by atoms with Crippen LogP contribution in [0.1, 0.15) is 30.9 Å². The van der Waals surface area contributed by atoms with E-state index >= 15 is 0 Å². The van der Waals surface area contributed by atoms with E-state index in [2.05, 4.69) is 10.6 Å². The van der Waals surface area contributed by atoms with Crippen LogP contribution in [-0.4, -0.2) is 54.7 Å². The fourth-order valence-corrected chi connectivity index (χ4v) is 3.06. The van der Waals surface area contributed by atoms with E-state index in [4.69, 9.17) is 9.84 Å². The van der Waals surface area contributed by atoms with E-state index in [1.165, 1.54) is 0 Å². The Kier molecular flexibility index (Phi) is 6.20. The highest BCUT2D eigenvalue weighted by Gasteiger charge is 2.51. The minimum absolute atomic E-state index is 0.0425. The number of hydrogen-bond donors (Lipinski definition) is 3. The quantitative estimate of drug-likeness (QED) is 0.464. The lowest BCUT2D eigenvalue weighted by Crippen LogP contribution is -2.45. The number of nitrogens with one attached hydrogen (secondary N) is 2. The molecule has 1 heterocycles. The Morgan fingerprint density at radius 2 is 2.12 bits per heavy atom. The largest absolute Gasteiger partial charge is 0.496 e. The van der Waals surface area contributed by atoms with Gasteiger partial charge in [-0.25, -0.2) is 4.79 Å². The third kappa shape index (κ3) is 3.65. The summed E-state index contributed by atoms with van der Waals surface area (Å²) in [5.74, 6) is -0.205. The Balaban J connectivity index is 2.23. The molecule has 1 fully saturated rings. The van der Waals surface area contributed by atoms with E-state index < -0.39 is 23.4 Å². The number of urea groups is 1. The first-order chi connectivity index (χ1) is 12.4. The summed E-state index contributed by atoms with van der Waals surface area (Å²) in [5, 5.41) is 14.1. The molecule has 8 heteroatoms. The van der Waals surface area contributed by atoms with Gasteiger partial charge in [0.1, 0.15) is 17.8 Å². The number of methoxy groups -OCH3 is 1. The predicted molar refractivity (Wildman–Crippen MR) is 94.7 cm³/mol. The second-order valence-electron chi connectivity index (χ2n) is 6.19. The van der Waals surface area contributed by atoms with E-state index in [0.717, 1.165) is 10.5 Å². The summed E-state index contributed by atoms with van der Waals surface area (Å²) in [6, 6.07) is 4.72. The predicted octanol–water partition coefficient (Wildman–Crippen LogP) is 0.659. The number of imide groups is 1. The molecular weight excluding hydrogens is 338 g/mol. The van der Waals surface area contributed by atoms with E-state index in [9.17, 15) is 14.4 Å². The highest BCUT2D eigenvalue weighted by Crippen LogP contribution is 2.34. The zero-order chi connectivity index (χ0) is 19.3. The number of amides is 4. The molecule has 1 aromatic carbocycles. The van der Waals surface area contributed by atoms with Crippen molar-refractivity contribution in [2.24, 2.45) is 0 Å². The molecule has 8 nitrogen and oxygen atoms in total. The molecule has 26 heavy (non-hydrogen) atoms. The summed E-state index contributed by atoms with van der Waals surface area (Å²) in [5.41, 5.74) is 0.305. The highest BCUT2D eigenvalue weighted by molar-refractivity contribution is 6.09. The summed E-state index contributed by atoms with van der Waals surface area (Å²) in [6.45, 7) is 3.56. The van der Waals surface area contributed by atoms with E-state index in [1.54, 1.807) is 19.2 Å². The minimum atomic E-state index is -1.19. The van der Waals surface area contributed by atoms with Gasteiger partial charge in [0, 0.05) is 13.2 Å². The Bertz CT molecular complexity index is 706. The molecule has 2 rings (SSSR count). The molecule has 0 saturated carbocycles. The molecular formula is C18H25N3O5. The van der Waals surface area contributed by atoms with Crippen LogP contribution < -0.4 is 15.4 Å². The molecule has 0 aliphatic carbocycles. The van der Waals surface area contributed by atoms with Crippen molar-refractivity contribution in [3.8, 4) is 5.75 Å². The van der Waals surface area contributed by atoms with Gasteiger partial charge in [-0.05, 0) is 43.0 Å². The number of carbonyl (C=O) groups excluding carboxylic acids is 3. The van der Waals surface area contributed by atoms with Crippen molar-refractivity contribution in [3.63, 3.8) is 0 Å². The van der Waals surface area contributed by atoms with Crippen LogP contribution in [-0.2, 0) is 15.1 Å². The molecule has 1 aliphatic rings. The van der Waals surface area contributed by atoms with Crippen molar-refractivity contribution >= 4 is 17.8 Å². The van der Waals surface area contributed by atoms with E-state index in [1.807, 2.05) is 19.9 Å². The third-order valence-electron chi connectivity index (χ3n) is 4.55. The van der Waals surface area contributed by atoms with Gasteiger partial charge in [-0.3, -0.25) is 14.5 Å². The zero-order valence-corrected chi connectivity index (χ0v) is 15.3. The summed E-state index contributed by atoms with van der Waals surface area (Å²) >= 11 is 0. The van der Waals surface area contributed by atoms with Crippen LogP contribution in [0.3, 0.4) is 0 Å². The minimum Gasteiger partial charge on any atom is -0.496 e. The fraction of sp³-hybridized carbons (Fsp3) is 0.500. The molecule has 0 spiro atoms. The van der Waals surface area contributed by atoms with Crippen LogP contribution in [0.4, 0.5) is 4.79 Å². The molecule has 1 saturated heterocycles. The molecule has 142 valence electrons. The van der Waals surface area contributed by atoms with Crippen LogP contribution in [0.25, 0.3) is 0 Å². The second kappa shape index (κ2) is 8.18. The van der Waals surface area contributed by atoms with Crippen molar-refractivity contribution in [2.75, 3.05) is 26.8 Å². The molecule has 0 radical (unpaired) electrons. The molecule has 4 amide bonds. The smallest absolute Gasteiger partial charge is 0.325 e. The summed E-state index contributed by atoms with van der Waals surface area (Å²) in [7, 11) is 1.57. The van der Waals surface area contributed by atoms with Crippen LogP contribution in [0.15, 0.2) is 18.2 Å². The number of hydrogen-bond acceptors (Lipinski definition) is 5. The fourth-order valence-electron chi connectivity index (χ4n) is 3.06. The molecule has 1 aromatic rings. The summed E-state index contributed by atoms with van der Waals surface area (Å²) in [6.07, 6.45) is 0.766. The van der Waals surface area contributed by atoms with Gasteiger partial charge in [0.05, 0.1) is 7.11 Å². The average Bonchev–Trinajstić information content (AvgIpc) is 2.87. The number of aliphatic hydroxyl groups is 1. The number of aliphatic hydroxyl groups excluding tert-OH is 1. The lowest BCUT2D eigenvalue weighted by Gasteiger charge is -2.26. The molecule has 0 bridgehead atoms. The van der Waals surface area contributed by atoms with Gasteiger partial charge in [0.2, 0.25) is 5.91 Å². The normalized spacial score (nSPS) is 19.5. The van der Waals surface area contributed by atoms with Crippen LogP contribution in [0, 0.1) is 6.92 Å². The number of aryl methyl sites for hydroxylation is 1. The zero-order valence-electron chi connectivity index (χ0n) is 15.3. The van der Waals surface area contributed by atoms with Crippen molar-refractivity contribution in [3.05, 3.63) is 29.3 Å². The second-order valence-corrected chi connectivity index (χ2v) is 6.19. The van der Waals surface area contributed by atoms with Crippen molar-refractivity contribution in [1.82, 2.24) is 15.5 Å². The number of rotatable bonds is 8. The van der Waals surface area contributed by atoms with Gasteiger partial charge in [0.15, 0.2) is 0 Å². The third-order valence-corrected chi connectivity index (χ3v) is 4.55. The maximum Gasteiger partial charge on any atom is 0.325 e. The van der Waals surface area contributed by atoms with Crippen molar-refractivity contribution < 1.29 is 24.2 Å². The van der Waals surface area contributed by atoms with Gasteiger partial charge in [-0.2, -0.15) is 0 Å². The Morgan fingerprint density at radius 1 is 1.38 bits per heavy atom. The molecule has 0 aromatic heterocycles. The number of benzene rings is 1. The lowest BCUT2D eigenvalue weighted by atomic mass is 9.86. The summed E-state index contributed by atoms with van der Waals surface area (Å²) in [4.78, 5) is 38.2. The molecule has 1 aliphatic heterocycles. The standard InChI is InChI=1S/C18H25N3O5/c1-4-18(13-6-7-14(26-3)12(2)10-13)16(24)21(17(25)20-18)11-15(23)19-8-5-9-22/h6-7,10,22H,4-5,8-9,11H2,1-3H3,(H,19,23)(H,20,25). The maximum atomic E-state index is 13.0. The van der Waals surface area contributed by atoms with Crippen LogP contribution in [0.5, 0.6) is 5.75 Å². The van der Waals surface area contributed by atoms with E-state index in [-0.39, 0.29) is 19.7 Å². The van der Waals surface area contributed by atoms with Gasteiger partial charge in [0.25, 0.3) is 5.91 Å². The monoisotopic (exact) mass is 363 g/mol. The Labute approximate surface area is 152 Å². The molecule has 1 atom stereocenters. The number of carbonyl (C=O) groups is 3. The van der Waals surface area contributed by atoms with Gasteiger partial charge >= 0.3 is 6.03 Å². The highest BCUT2D eigenvalue weighted by atomic mass is 16.5. The SMILES string of the molecule is CCC1(c2ccc(OC)c(C)c2)NC(=O)N(CC(=O)NCCCO)C1=O. The first kappa shape index (κ1) is 19.7. The van der Waals surface area contributed by atoms with Gasteiger partial charge < -0.3 is 20.5 Å².